The number of fused-ring (bicyclic) bond motifs is 4. The lowest BCUT2D eigenvalue weighted by Gasteiger charge is -2.49. The van der Waals surface area contributed by atoms with E-state index in [9.17, 15) is 4.79 Å². The van der Waals surface area contributed by atoms with Crippen LogP contribution in [0.3, 0.4) is 0 Å². The van der Waals surface area contributed by atoms with E-state index < -0.39 is 0 Å². The molecule has 0 spiro atoms. The van der Waals surface area contributed by atoms with E-state index in [0.717, 1.165) is 18.7 Å². The first kappa shape index (κ1) is 16.8. The van der Waals surface area contributed by atoms with Crippen molar-refractivity contribution >= 4 is 6.09 Å². The molecule has 2 aromatic carbocycles. The van der Waals surface area contributed by atoms with Crippen LogP contribution in [0.1, 0.15) is 42.5 Å². The summed E-state index contributed by atoms with van der Waals surface area (Å²) in [6.45, 7) is 4.95. The molecule has 4 nitrogen and oxygen atoms in total. The fourth-order valence-electron chi connectivity index (χ4n) is 5.17. The van der Waals surface area contributed by atoms with E-state index in [1.54, 1.807) is 0 Å². The zero-order valence-electron chi connectivity index (χ0n) is 15.8. The Kier molecular flexibility index (Phi) is 4.16. The molecule has 0 N–H and O–H groups in total. The maximum atomic E-state index is 13.3. The third-order valence-electron chi connectivity index (χ3n) is 6.70. The molecule has 4 heterocycles. The molecule has 27 heavy (non-hydrogen) atoms. The molecule has 2 bridgehead atoms. The molecule has 3 saturated heterocycles. The van der Waals surface area contributed by atoms with Crippen LogP contribution in [-0.2, 0) is 11.3 Å². The smallest absolute Gasteiger partial charge is 0.412 e. The molecule has 4 aliphatic heterocycles. The third-order valence-corrected chi connectivity index (χ3v) is 6.70. The van der Waals surface area contributed by atoms with Crippen LogP contribution < -0.4 is 0 Å². The molecule has 1 amide bonds. The van der Waals surface area contributed by atoms with Crippen LogP contribution in [0.15, 0.2) is 54.6 Å². The maximum absolute atomic E-state index is 13.3. The number of nitrogens with zero attached hydrogens (tertiary/aromatic N) is 2. The van der Waals surface area contributed by atoms with Gasteiger partial charge in [-0.3, -0.25) is 9.80 Å². The van der Waals surface area contributed by atoms with Gasteiger partial charge in [-0.2, -0.15) is 0 Å². The predicted molar refractivity (Wildman–Crippen MR) is 104 cm³/mol. The summed E-state index contributed by atoms with van der Waals surface area (Å²) >= 11 is 0. The highest BCUT2D eigenvalue weighted by Crippen LogP contribution is 2.41. The van der Waals surface area contributed by atoms with Crippen molar-refractivity contribution < 1.29 is 9.53 Å². The molecule has 0 aliphatic carbocycles. The fraction of sp³-hybridized carbons (Fsp3) is 0.435. The van der Waals surface area contributed by atoms with Crippen molar-refractivity contribution in [2.45, 2.75) is 38.6 Å². The standard InChI is InChI=1S/C23H26N2O2/c1-16-17-11-13-24(14-12-17)22(16)27-23(26)25-15-19-9-5-6-10-20(19)21(25)18-7-3-2-4-8-18/h2-10,16-17,21-22H,11-15H2,1H3. The summed E-state index contributed by atoms with van der Waals surface area (Å²) in [4.78, 5) is 17.5. The zero-order valence-corrected chi connectivity index (χ0v) is 15.8. The molecule has 3 unspecified atom stereocenters. The quantitative estimate of drug-likeness (QED) is 0.793. The largest absolute Gasteiger partial charge is 0.430 e. The van der Waals surface area contributed by atoms with Gasteiger partial charge in [-0.15, -0.1) is 0 Å². The monoisotopic (exact) mass is 362 g/mol. The van der Waals surface area contributed by atoms with Gasteiger partial charge in [0.05, 0.1) is 12.6 Å². The summed E-state index contributed by atoms with van der Waals surface area (Å²) < 4.78 is 6.12. The molecule has 140 valence electrons. The van der Waals surface area contributed by atoms with Crippen LogP contribution in [0.5, 0.6) is 0 Å². The van der Waals surface area contributed by atoms with Crippen LogP contribution >= 0.6 is 0 Å². The Balaban J connectivity index is 1.42. The fourth-order valence-corrected chi connectivity index (χ4v) is 5.17. The normalized spacial score (nSPS) is 31.6. The van der Waals surface area contributed by atoms with E-state index >= 15 is 0 Å². The average molecular weight is 362 g/mol. The van der Waals surface area contributed by atoms with Gasteiger partial charge >= 0.3 is 6.09 Å². The van der Waals surface area contributed by atoms with Crippen LogP contribution in [0, 0.1) is 11.8 Å². The molecular weight excluding hydrogens is 336 g/mol. The molecule has 2 aromatic rings. The highest BCUT2D eigenvalue weighted by atomic mass is 16.6. The summed E-state index contributed by atoms with van der Waals surface area (Å²) in [6, 6.07) is 18.6. The Morgan fingerprint density at radius 2 is 1.70 bits per heavy atom. The predicted octanol–water partition coefficient (Wildman–Crippen LogP) is 4.42. The second-order valence-corrected chi connectivity index (χ2v) is 8.15. The SMILES string of the molecule is CC1C2CCN(CC2)C1OC(=O)N1Cc2ccccc2C1c1ccccc1. The lowest BCUT2D eigenvalue weighted by Crippen LogP contribution is -2.56. The number of ether oxygens (including phenoxy) is 1. The van der Waals surface area contributed by atoms with Crippen molar-refractivity contribution in [3.05, 3.63) is 71.3 Å². The van der Waals surface area contributed by atoms with E-state index in [1.807, 2.05) is 29.2 Å². The highest BCUT2D eigenvalue weighted by Gasteiger charge is 2.44. The Hall–Kier alpha value is -2.33. The molecule has 3 fully saturated rings. The molecule has 0 aromatic heterocycles. The summed E-state index contributed by atoms with van der Waals surface area (Å²) in [6.07, 6.45) is 2.20. The highest BCUT2D eigenvalue weighted by molar-refractivity contribution is 5.71. The zero-order chi connectivity index (χ0) is 18.4. The van der Waals surface area contributed by atoms with Gasteiger partial charge in [0.2, 0.25) is 0 Å². The van der Waals surface area contributed by atoms with Crippen molar-refractivity contribution in [1.29, 1.82) is 0 Å². The second kappa shape index (κ2) is 6.68. The van der Waals surface area contributed by atoms with Crippen LogP contribution in [0.4, 0.5) is 4.79 Å². The molecule has 0 saturated carbocycles. The van der Waals surface area contributed by atoms with E-state index in [2.05, 4.69) is 42.2 Å². The Morgan fingerprint density at radius 1 is 1.00 bits per heavy atom. The average Bonchev–Trinajstić information content (AvgIpc) is 3.11. The number of rotatable bonds is 2. The number of benzene rings is 2. The molecule has 0 radical (unpaired) electrons. The third kappa shape index (κ3) is 2.83. The van der Waals surface area contributed by atoms with Gasteiger partial charge in [-0.05, 0) is 35.4 Å². The number of carbonyl (C=O) groups is 1. The number of piperidine rings is 3. The van der Waals surface area contributed by atoms with Crippen molar-refractivity contribution in [1.82, 2.24) is 9.80 Å². The number of hydrogen-bond donors (Lipinski definition) is 0. The molecule has 4 aliphatic rings. The van der Waals surface area contributed by atoms with Gasteiger partial charge in [0.15, 0.2) is 6.23 Å². The van der Waals surface area contributed by atoms with Crippen LogP contribution in [0.25, 0.3) is 0 Å². The van der Waals surface area contributed by atoms with Gasteiger partial charge in [0.1, 0.15) is 0 Å². The number of carbonyl (C=O) groups excluding carboxylic acids is 1. The van der Waals surface area contributed by atoms with Gasteiger partial charge in [0.25, 0.3) is 0 Å². The summed E-state index contributed by atoms with van der Waals surface area (Å²) in [5.41, 5.74) is 3.55. The molecular formula is C23H26N2O2. The van der Waals surface area contributed by atoms with Gasteiger partial charge in [-0.25, -0.2) is 4.79 Å². The van der Waals surface area contributed by atoms with Crippen LogP contribution in [-0.4, -0.2) is 35.2 Å². The number of amides is 1. The van der Waals surface area contributed by atoms with Gasteiger partial charge in [-0.1, -0.05) is 61.5 Å². The minimum Gasteiger partial charge on any atom is -0.430 e. The minimum absolute atomic E-state index is 0.0685. The van der Waals surface area contributed by atoms with Crippen molar-refractivity contribution in [2.75, 3.05) is 13.1 Å². The second-order valence-electron chi connectivity index (χ2n) is 8.15. The number of hydrogen-bond acceptors (Lipinski definition) is 3. The summed E-state index contributed by atoms with van der Waals surface area (Å²) in [5.74, 6) is 1.10. The van der Waals surface area contributed by atoms with E-state index in [1.165, 1.54) is 24.0 Å². The van der Waals surface area contributed by atoms with E-state index in [-0.39, 0.29) is 18.4 Å². The Bertz CT molecular complexity index is 827. The molecule has 3 atom stereocenters. The lowest BCUT2D eigenvalue weighted by atomic mass is 9.79. The van der Waals surface area contributed by atoms with Gasteiger partial charge < -0.3 is 4.74 Å². The minimum atomic E-state index is -0.190. The summed E-state index contributed by atoms with van der Waals surface area (Å²) in [7, 11) is 0. The molecule has 4 heteroatoms. The summed E-state index contributed by atoms with van der Waals surface area (Å²) in [5, 5.41) is 0. The maximum Gasteiger partial charge on any atom is 0.412 e. The first-order chi connectivity index (χ1) is 13.2. The van der Waals surface area contributed by atoms with Crippen molar-refractivity contribution in [3.63, 3.8) is 0 Å². The topological polar surface area (TPSA) is 32.8 Å². The van der Waals surface area contributed by atoms with E-state index in [4.69, 9.17) is 4.74 Å². The first-order valence-corrected chi connectivity index (χ1v) is 10.1. The molecule has 6 rings (SSSR count). The first-order valence-electron chi connectivity index (χ1n) is 10.1. The Labute approximate surface area is 160 Å². The van der Waals surface area contributed by atoms with E-state index in [0.29, 0.717) is 18.4 Å². The Morgan fingerprint density at radius 3 is 2.44 bits per heavy atom. The van der Waals surface area contributed by atoms with Crippen LogP contribution in [0.2, 0.25) is 0 Å². The van der Waals surface area contributed by atoms with Gasteiger partial charge in [0, 0.05) is 19.0 Å². The van der Waals surface area contributed by atoms with Crippen molar-refractivity contribution in [3.8, 4) is 0 Å². The van der Waals surface area contributed by atoms with Crippen molar-refractivity contribution in [2.24, 2.45) is 11.8 Å². The lowest BCUT2D eigenvalue weighted by molar-refractivity contribution is -0.129.